The van der Waals surface area contributed by atoms with Crippen LogP contribution in [0, 0.1) is 40.9 Å². The van der Waals surface area contributed by atoms with Crippen LogP contribution >= 0.6 is 0 Å². The Balaban J connectivity index is 1.30. The summed E-state index contributed by atoms with van der Waals surface area (Å²) in [5.41, 5.74) is -2.53. The molecule has 4 fully saturated rings. The van der Waals surface area contributed by atoms with E-state index < -0.39 is 11.8 Å². The van der Waals surface area contributed by atoms with Crippen LogP contribution in [-0.4, -0.2) is 37.8 Å². The lowest BCUT2D eigenvalue weighted by Crippen LogP contribution is -2.55. The van der Waals surface area contributed by atoms with Crippen molar-refractivity contribution in [2.24, 2.45) is 40.9 Å². The highest BCUT2D eigenvalue weighted by Gasteiger charge is 2.62. The molecule has 2 N–H and O–H groups in total. The summed E-state index contributed by atoms with van der Waals surface area (Å²) in [5.74, 6) is 2.55. The van der Waals surface area contributed by atoms with Gasteiger partial charge in [0.15, 0.2) is 5.60 Å². The number of aromatic nitrogens is 3. The molecule has 4 aliphatic rings. The lowest BCUT2D eigenvalue weighted by molar-refractivity contribution is -0.282. The average Bonchev–Trinajstić information content (AvgIpc) is 3.33. The monoisotopic (exact) mass is 439 g/mol. The number of fused-ring (bicyclic) bond motifs is 5. The number of hydrogen-bond donors (Lipinski definition) is 2. The van der Waals surface area contributed by atoms with Crippen molar-refractivity contribution in [1.29, 1.82) is 0 Å². The molecule has 1 aromatic rings. The van der Waals surface area contributed by atoms with Crippen LogP contribution in [0.3, 0.4) is 0 Å². The van der Waals surface area contributed by atoms with Crippen molar-refractivity contribution >= 4 is 5.78 Å². The van der Waals surface area contributed by atoms with Gasteiger partial charge in [-0.1, -0.05) is 6.92 Å². The van der Waals surface area contributed by atoms with E-state index >= 15 is 0 Å². The fourth-order valence-electron chi connectivity index (χ4n) is 8.27. The summed E-state index contributed by atoms with van der Waals surface area (Å²) in [5, 5.41) is 16.9. The van der Waals surface area contributed by atoms with Gasteiger partial charge in [-0.05, 0) is 92.8 Å². The first kappa shape index (κ1) is 21.4. The van der Waals surface area contributed by atoms with Gasteiger partial charge < -0.3 is 5.11 Å². The molecule has 0 saturated heterocycles. The minimum absolute atomic E-state index is 0.0213. The molecular weight excluding hydrogens is 407 g/mol. The molecule has 0 aromatic carbocycles. The number of aromatic amines is 1. The van der Waals surface area contributed by atoms with Crippen molar-refractivity contribution in [2.75, 3.05) is 0 Å². The molecule has 0 aliphatic heterocycles. The maximum absolute atomic E-state index is 13.4. The number of nitrogens with one attached hydrogen (secondary N) is 1. The minimum atomic E-state index is -4.54. The summed E-state index contributed by atoms with van der Waals surface area (Å²) in [7, 11) is 0. The summed E-state index contributed by atoms with van der Waals surface area (Å²) >= 11 is 0. The van der Waals surface area contributed by atoms with E-state index in [4.69, 9.17) is 0 Å². The molecule has 172 valence electrons. The van der Waals surface area contributed by atoms with Crippen LogP contribution in [0.2, 0.25) is 0 Å². The Morgan fingerprint density at radius 2 is 1.90 bits per heavy atom. The van der Waals surface area contributed by atoms with Crippen LogP contribution < -0.4 is 0 Å². The summed E-state index contributed by atoms with van der Waals surface area (Å²) in [6.45, 7) is 2.28. The quantitative estimate of drug-likeness (QED) is 0.728. The standard InChI is InChI=1S/C23H32F3N3O2/c1-21-8-6-15-14-7-9-22(31,23(24,25)26)11-13(14)2-3-16(15)17(21)4-5-18(21)19(30)10-20-27-12-28-29-20/h12-18,31H,2-11H2,1H3,(H,27,28,29). The lowest BCUT2D eigenvalue weighted by Gasteiger charge is -2.57. The first-order valence-electron chi connectivity index (χ1n) is 11.8. The van der Waals surface area contributed by atoms with E-state index in [9.17, 15) is 23.1 Å². The molecule has 4 saturated carbocycles. The van der Waals surface area contributed by atoms with Gasteiger partial charge in [0.05, 0.1) is 6.42 Å². The number of aliphatic hydroxyl groups is 1. The SMILES string of the molecule is CC12CCC3C4CCC(O)(C(F)(F)F)CC4CCC3C1CCC2C(=O)Cc1ncn[nH]1. The van der Waals surface area contributed by atoms with Crippen molar-refractivity contribution in [3.63, 3.8) is 0 Å². The zero-order chi connectivity index (χ0) is 22.0. The smallest absolute Gasteiger partial charge is 0.380 e. The molecule has 31 heavy (non-hydrogen) atoms. The van der Waals surface area contributed by atoms with E-state index in [-0.39, 0.29) is 41.8 Å². The highest BCUT2D eigenvalue weighted by molar-refractivity contribution is 5.83. The molecule has 0 radical (unpaired) electrons. The van der Waals surface area contributed by atoms with Gasteiger partial charge in [0.1, 0.15) is 17.9 Å². The largest absolute Gasteiger partial charge is 0.417 e. The van der Waals surface area contributed by atoms with Crippen LogP contribution in [0.4, 0.5) is 13.2 Å². The molecule has 1 aromatic heterocycles. The number of carbonyl (C=O) groups excluding carboxylic acids is 1. The van der Waals surface area contributed by atoms with Crippen molar-refractivity contribution in [1.82, 2.24) is 15.2 Å². The van der Waals surface area contributed by atoms with E-state index in [0.29, 0.717) is 36.4 Å². The second kappa shape index (κ2) is 7.29. The topological polar surface area (TPSA) is 78.9 Å². The highest BCUT2D eigenvalue weighted by Crippen LogP contribution is 2.65. The van der Waals surface area contributed by atoms with Crippen LogP contribution in [-0.2, 0) is 11.2 Å². The Hall–Kier alpha value is -1.44. The molecule has 0 amide bonds. The second-order valence-corrected chi connectivity index (χ2v) is 11.0. The van der Waals surface area contributed by atoms with Gasteiger partial charge >= 0.3 is 6.18 Å². The van der Waals surface area contributed by atoms with E-state index in [1.807, 2.05) is 0 Å². The van der Waals surface area contributed by atoms with E-state index in [1.54, 1.807) is 0 Å². The molecule has 0 bridgehead atoms. The number of Topliss-reactive ketones (excluding diaryl/α,β-unsaturated/α-hetero) is 1. The van der Waals surface area contributed by atoms with Gasteiger partial charge in [0.25, 0.3) is 0 Å². The first-order valence-corrected chi connectivity index (χ1v) is 11.8. The number of alkyl halides is 3. The number of ketones is 1. The summed E-state index contributed by atoms with van der Waals surface area (Å²) in [6, 6.07) is 0. The average molecular weight is 440 g/mol. The van der Waals surface area contributed by atoms with Crippen LogP contribution in [0.25, 0.3) is 0 Å². The lowest BCUT2D eigenvalue weighted by atomic mass is 9.48. The summed E-state index contributed by atoms with van der Waals surface area (Å²) in [6.07, 6.45) is 2.96. The Morgan fingerprint density at radius 1 is 1.13 bits per heavy atom. The second-order valence-electron chi connectivity index (χ2n) is 11.0. The Morgan fingerprint density at radius 3 is 2.61 bits per heavy atom. The van der Waals surface area contributed by atoms with Gasteiger partial charge in [0.2, 0.25) is 0 Å². The molecule has 8 heteroatoms. The number of nitrogens with zero attached hydrogens (tertiary/aromatic N) is 2. The molecule has 1 heterocycles. The number of halogens is 3. The molecule has 4 aliphatic carbocycles. The van der Waals surface area contributed by atoms with Crippen LogP contribution in [0.5, 0.6) is 0 Å². The maximum atomic E-state index is 13.4. The third-order valence-corrected chi connectivity index (χ3v) is 9.73. The van der Waals surface area contributed by atoms with Crippen molar-refractivity contribution in [3.05, 3.63) is 12.2 Å². The fraction of sp³-hybridized carbons (Fsp3) is 0.870. The van der Waals surface area contributed by atoms with Gasteiger partial charge in [-0.15, -0.1) is 0 Å². The Labute approximate surface area is 180 Å². The van der Waals surface area contributed by atoms with Crippen molar-refractivity contribution < 1.29 is 23.1 Å². The molecule has 5 rings (SSSR count). The summed E-state index contributed by atoms with van der Waals surface area (Å²) in [4.78, 5) is 17.2. The number of hydrogen-bond acceptors (Lipinski definition) is 4. The van der Waals surface area contributed by atoms with Crippen molar-refractivity contribution in [2.45, 2.75) is 82.9 Å². The highest BCUT2D eigenvalue weighted by atomic mass is 19.4. The van der Waals surface area contributed by atoms with Crippen LogP contribution in [0.1, 0.15) is 70.5 Å². The number of rotatable bonds is 3. The zero-order valence-corrected chi connectivity index (χ0v) is 18.0. The van der Waals surface area contributed by atoms with E-state index in [0.717, 1.165) is 38.5 Å². The van der Waals surface area contributed by atoms with Gasteiger partial charge in [-0.2, -0.15) is 18.3 Å². The van der Waals surface area contributed by atoms with Crippen molar-refractivity contribution in [3.8, 4) is 0 Å². The minimum Gasteiger partial charge on any atom is -0.380 e. The Bertz CT molecular complexity index is 829. The molecular formula is C23H32F3N3O2. The first-order chi connectivity index (χ1) is 14.6. The number of carbonyl (C=O) groups is 1. The molecule has 8 atom stereocenters. The fourth-order valence-corrected chi connectivity index (χ4v) is 8.27. The molecule has 0 spiro atoms. The maximum Gasteiger partial charge on any atom is 0.417 e. The summed E-state index contributed by atoms with van der Waals surface area (Å²) < 4.78 is 40.2. The molecule has 5 nitrogen and oxygen atoms in total. The zero-order valence-electron chi connectivity index (χ0n) is 18.0. The van der Waals surface area contributed by atoms with Gasteiger partial charge in [0, 0.05) is 5.92 Å². The van der Waals surface area contributed by atoms with E-state index in [1.165, 1.54) is 6.33 Å². The van der Waals surface area contributed by atoms with Crippen LogP contribution in [0.15, 0.2) is 6.33 Å². The number of H-pyrrole nitrogens is 1. The predicted octanol–water partition coefficient (Wildman–Crippen LogP) is 4.48. The third-order valence-electron chi connectivity index (χ3n) is 9.73. The third kappa shape index (κ3) is 3.35. The predicted molar refractivity (Wildman–Crippen MR) is 107 cm³/mol. The molecule has 8 unspecified atom stereocenters. The Kier molecular flexibility index (Phi) is 5.03. The van der Waals surface area contributed by atoms with E-state index in [2.05, 4.69) is 22.1 Å². The van der Waals surface area contributed by atoms with Gasteiger partial charge in [-0.3, -0.25) is 9.89 Å². The van der Waals surface area contributed by atoms with Gasteiger partial charge in [-0.25, -0.2) is 4.98 Å². The normalized spacial score (nSPS) is 44.9.